The van der Waals surface area contributed by atoms with Gasteiger partial charge < -0.3 is 19.5 Å². The third-order valence-electron chi connectivity index (χ3n) is 5.97. The summed E-state index contributed by atoms with van der Waals surface area (Å²) in [4.78, 5) is 15.7. The van der Waals surface area contributed by atoms with Gasteiger partial charge in [-0.2, -0.15) is 11.8 Å². The molecule has 1 amide bonds. The van der Waals surface area contributed by atoms with Crippen molar-refractivity contribution in [2.45, 2.75) is 52.0 Å². The molecule has 168 valence electrons. The van der Waals surface area contributed by atoms with Crippen molar-refractivity contribution in [2.24, 2.45) is 0 Å². The fourth-order valence-electron chi connectivity index (χ4n) is 4.54. The van der Waals surface area contributed by atoms with Crippen molar-refractivity contribution in [3.05, 3.63) is 17.7 Å². The monoisotopic (exact) mass is 436 g/mol. The van der Waals surface area contributed by atoms with E-state index in [1.165, 1.54) is 24.3 Å². The van der Waals surface area contributed by atoms with Crippen molar-refractivity contribution >= 4 is 17.7 Å². The molecule has 1 aliphatic carbocycles. The average Bonchev–Trinajstić information content (AvgIpc) is 3.25. The van der Waals surface area contributed by atoms with Crippen LogP contribution in [0, 0.1) is 0 Å². The lowest BCUT2D eigenvalue weighted by Gasteiger charge is -2.43. The van der Waals surface area contributed by atoms with Crippen LogP contribution in [0.4, 0.5) is 0 Å². The zero-order valence-electron chi connectivity index (χ0n) is 18.6. The van der Waals surface area contributed by atoms with E-state index < -0.39 is 0 Å². The largest absolute Gasteiger partial charge is 0.490 e. The Morgan fingerprint density at radius 2 is 1.57 bits per heavy atom. The molecule has 0 spiro atoms. The Morgan fingerprint density at radius 3 is 2.10 bits per heavy atom. The minimum atomic E-state index is -0.0855. The third-order valence-corrected chi connectivity index (χ3v) is 6.91. The first-order valence-corrected chi connectivity index (χ1v) is 12.5. The number of amides is 1. The van der Waals surface area contributed by atoms with Crippen LogP contribution in [-0.2, 0) is 0 Å². The summed E-state index contributed by atoms with van der Waals surface area (Å²) in [6.07, 6.45) is 4.81. The summed E-state index contributed by atoms with van der Waals surface area (Å²) < 4.78 is 17.3. The van der Waals surface area contributed by atoms with Crippen LogP contribution in [0.3, 0.4) is 0 Å². The maximum absolute atomic E-state index is 13.1. The van der Waals surface area contributed by atoms with Crippen LogP contribution < -0.4 is 19.5 Å². The standard InChI is InChI=1S/C23H36N2O4S/c1-4-27-19-15-18(16-20(28-5-2)21(19)29-6-3)22(26)24-17-23(9-7-8-10-23)25-11-13-30-14-12-25/h15-16H,4-14,17H2,1-3H3,(H,24,26). The second-order valence-electron chi connectivity index (χ2n) is 7.81. The van der Waals surface area contributed by atoms with E-state index in [1.54, 1.807) is 12.1 Å². The maximum Gasteiger partial charge on any atom is 0.251 e. The van der Waals surface area contributed by atoms with Crippen LogP contribution in [-0.4, -0.2) is 67.3 Å². The summed E-state index contributed by atoms with van der Waals surface area (Å²) in [5, 5.41) is 3.23. The number of benzene rings is 1. The normalized spacial score (nSPS) is 18.8. The molecule has 1 aromatic carbocycles. The first kappa shape index (κ1) is 23.1. The molecule has 6 nitrogen and oxygen atoms in total. The Labute approximate surface area is 185 Å². The van der Waals surface area contributed by atoms with E-state index in [0.717, 1.165) is 25.9 Å². The second kappa shape index (κ2) is 11.1. The first-order chi connectivity index (χ1) is 14.6. The fraction of sp³-hybridized carbons (Fsp3) is 0.696. The lowest BCUT2D eigenvalue weighted by atomic mass is 9.94. The van der Waals surface area contributed by atoms with Gasteiger partial charge in [-0.1, -0.05) is 12.8 Å². The number of carbonyl (C=O) groups excluding carboxylic acids is 1. The van der Waals surface area contributed by atoms with Gasteiger partial charge in [0, 0.05) is 42.2 Å². The number of nitrogens with one attached hydrogen (secondary N) is 1. The lowest BCUT2D eigenvalue weighted by molar-refractivity contribution is 0.0816. The van der Waals surface area contributed by atoms with E-state index in [9.17, 15) is 4.79 Å². The number of thioether (sulfide) groups is 1. The molecule has 3 rings (SSSR count). The van der Waals surface area contributed by atoms with E-state index in [2.05, 4.69) is 10.2 Å². The maximum atomic E-state index is 13.1. The van der Waals surface area contributed by atoms with Crippen molar-refractivity contribution in [1.82, 2.24) is 10.2 Å². The van der Waals surface area contributed by atoms with E-state index in [0.29, 0.717) is 49.2 Å². The van der Waals surface area contributed by atoms with Gasteiger partial charge in [0.05, 0.1) is 19.8 Å². The predicted octanol–water partition coefficient (Wildman–Crippen LogP) is 3.97. The van der Waals surface area contributed by atoms with Crippen molar-refractivity contribution in [1.29, 1.82) is 0 Å². The van der Waals surface area contributed by atoms with Gasteiger partial charge in [0.2, 0.25) is 5.75 Å². The predicted molar refractivity (Wildman–Crippen MR) is 122 cm³/mol. The van der Waals surface area contributed by atoms with Gasteiger partial charge in [-0.15, -0.1) is 0 Å². The molecule has 30 heavy (non-hydrogen) atoms. The van der Waals surface area contributed by atoms with Crippen LogP contribution in [0.1, 0.15) is 56.8 Å². The Kier molecular flexibility index (Phi) is 8.57. The molecular weight excluding hydrogens is 400 g/mol. The Balaban J connectivity index is 1.78. The van der Waals surface area contributed by atoms with Crippen molar-refractivity contribution < 1.29 is 19.0 Å². The number of ether oxygens (including phenoxy) is 3. The summed E-state index contributed by atoms with van der Waals surface area (Å²) in [7, 11) is 0. The lowest BCUT2D eigenvalue weighted by Crippen LogP contribution is -2.56. The first-order valence-electron chi connectivity index (χ1n) is 11.3. The highest BCUT2D eigenvalue weighted by Crippen LogP contribution is 2.40. The highest BCUT2D eigenvalue weighted by Gasteiger charge is 2.40. The second-order valence-corrected chi connectivity index (χ2v) is 9.04. The highest BCUT2D eigenvalue weighted by molar-refractivity contribution is 7.99. The summed E-state index contributed by atoms with van der Waals surface area (Å²) in [6, 6.07) is 3.54. The number of hydrogen-bond donors (Lipinski definition) is 1. The Hall–Kier alpha value is -1.60. The number of rotatable bonds is 10. The molecule has 1 aliphatic heterocycles. The van der Waals surface area contributed by atoms with Crippen LogP contribution >= 0.6 is 11.8 Å². The fourth-order valence-corrected chi connectivity index (χ4v) is 5.45. The molecule has 0 radical (unpaired) electrons. The van der Waals surface area contributed by atoms with Gasteiger partial charge in [-0.25, -0.2) is 0 Å². The highest BCUT2D eigenvalue weighted by atomic mass is 32.2. The van der Waals surface area contributed by atoms with Gasteiger partial charge in [-0.05, 0) is 45.7 Å². The van der Waals surface area contributed by atoms with Crippen LogP contribution in [0.2, 0.25) is 0 Å². The minimum absolute atomic E-state index is 0.0855. The number of nitrogens with zero attached hydrogens (tertiary/aromatic N) is 1. The zero-order valence-corrected chi connectivity index (χ0v) is 19.4. The third kappa shape index (κ3) is 5.35. The molecule has 7 heteroatoms. The molecule has 2 aliphatic rings. The SMILES string of the molecule is CCOc1cc(C(=O)NCC2(N3CCSCC3)CCCC2)cc(OCC)c1OCC. The van der Waals surface area contributed by atoms with Gasteiger partial charge in [0.15, 0.2) is 11.5 Å². The molecule has 0 aromatic heterocycles. The van der Waals surface area contributed by atoms with E-state index >= 15 is 0 Å². The molecule has 1 saturated carbocycles. The molecule has 1 N–H and O–H groups in total. The van der Waals surface area contributed by atoms with Crippen molar-refractivity contribution in [3.8, 4) is 17.2 Å². The molecule has 2 fully saturated rings. The Morgan fingerprint density at radius 1 is 1.00 bits per heavy atom. The van der Waals surface area contributed by atoms with E-state index in [-0.39, 0.29) is 11.4 Å². The van der Waals surface area contributed by atoms with Crippen LogP contribution in [0.15, 0.2) is 12.1 Å². The summed E-state index contributed by atoms with van der Waals surface area (Å²) in [5.41, 5.74) is 0.653. The van der Waals surface area contributed by atoms with Gasteiger partial charge in [-0.3, -0.25) is 9.69 Å². The topological polar surface area (TPSA) is 60.0 Å². The molecule has 1 heterocycles. The van der Waals surface area contributed by atoms with Crippen molar-refractivity contribution in [3.63, 3.8) is 0 Å². The molecule has 1 aromatic rings. The average molecular weight is 437 g/mol. The quantitative estimate of drug-likeness (QED) is 0.599. The molecule has 0 atom stereocenters. The smallest absolute Gasteiger partial charge is 0.251 e. The Bertz CT molecular complexity index is 673. The van der Waals surface area contributed by atoms with Gasteiger partial charge in [0.25, 0.3) is 5.91 Å². The summed E-state index contributed by atoms with van der Waals surface area (Å²) in [5.74, 6) is 3.96. The van der Waals surface area contributed by atoms with Gasteiger partial charge in [0.1, 0.15) is 0 Å². The van der Waals surface area contributed by atoms with E-state index in [1.807, 2.05) is 32.5 Å². The van der Waals surface area contributed by atoms with E-state index in [4.69, 9.17) is 14.2 Å². The molecule has 0 bridgehead atoms. The minimum Gasteiger partial charge on any atom is -0.490 e. The van der Waals surface area contributed by atoms with Crippen LogP contribution in [0.5, 0.6) is 17.2 Å². The number of carbonyl (C=O) groups is 1. The van der Waals surface area contributed by atoms with Crippen LogP contribution in [0.25, 0.3) is 0 Å². The molecule has 0 unspecified atom stereocenters. The summed E-state index contributed by atoms with van der Waals surface area (Å²) in [6.45, 7) is 10.2. The molecule has 1 saturated heterocycles. The number of hydrogen-bond acceptors (Lipinski definition) is 6. The molecular formula is C23H36N2O4S. The van der Waals surface area contributed by atoms with Crippen molar-refractivity contribution in [2.75, 3.05) is 51.0 Å². The zero-order chi connectivity index (χ0) is 21.4. The van der Waals surface area contributed by atoms with Gasteiger partial charge >= 0.3 is 0 Å². The summed E-state index contributed by atoms with van der Waals surface area (Å²) >= 11 is 2.03.